The minimum absolute atomic E-state index is 0.0445. The molecule has 2 amide bonds. The van der Waals surface area contributed by atoms with Gasteiger partial charge in [0.2, 0.25) is 5.91 Å². The molecule has 0 radical (unpaired) electrons. The van der Waals surface area contributed by atoms with Crippen LogP contribution < -0.4 is 0 Å². The molecule has 1 atom stereocenters. The van der Waals surface area contributed by atoms with Gasteiger partial charge in [-0.15, -0.1) is 0 Å². The molecule has 1 aromatic carbocycles. The van der Waals surface area contributed by atoms with E-state index in [0.29, 0.717) is 18.9 Å². The molecule has 0 bridgehead atoms. The first-order valence-electron chi connectivity index (χ1n) is 9.58. The Morgan fingerprint density at radius 1 is 1.19 bits per heavy atom. The molecule has 1 spiro atoms. The van der Waals surface area contributed by atoms with Crippen LogP contribution in [0.4, 0.5) is 0 Å². The Labute approximate surface area is 159 Å². The van der Waals surface area contributed by atoms with Crippen molar-refractivity contribution < 1.29 is 9.59 Å². The van der Waals surface area contributed by atoms with Gasteiger partial charge in [0.25, 0.3) is 5.91 Å². The Morgan fingerprint density at radius 2 is 1.89 bits per heavy atom. The van der Waals surface area contributed by atoms with Crippen LogP contribution in [-0.2, 0) is 18.3 Å². The fourth-order valence-corrected chi connectivity index (χ4v) is 4.58. The maximum absolute atomic E-state index is 13.0. The van der Waals surface area contributed by atoms with Crippen LogP contribution in [0.3, 0.4) is 0 Å². The van der Waals surface area contributed by atoms with E-state index >= 15 is 0 Å². The van der Waals surface area contributed by atoms with Crippen LogP contribution in [0.15, 0.2) is 42.7 Å². The second-order valence-corrected chi connectivity index (χ2v) is 7.90. The number of piperidine rings is 1. The van der Waals surface area contributed by atoms with Crippen molar-refractivity contribution in [2.45, 2.75) is 31.7 Å². The molecule has 4 rings (SSSR count). The van der Waals surface area contributed by atoms with Crippen molar-refractivity contribution in [3.05, 3.63) is 54.1 Å². The van der Waals surface area contributed by atoms with E-state index in [1.54, 1.807) is 17.0 Å². The average Bonchev–Trinajstić information content (AvgIpc) is 3.21. The van der Waals surface area contributed by atoms with Gasteiger partial charge in [-0.1, -0.05) is 30.3 Å². The standard InChI is InChI=1S/C21H26N4O2/c1-23-13-10-22-18(23)19(26)25-11-8-21(9-12-25)15-17(24(2)20(21)27)14-16-6-4-3-5-7-16/h3-7,10,13,17H,8-9,11-12,14-15H2,1-2H3/t17-/m0/s1. The molecule has 0 aliphatic carbocycles. The number of carbonyl (C=O) groups is 2. The maximum Gasteiger partial charge on any atom is 0.289 e. The molecule has 0 unspecified atom stereocenters. The summed E-state index contributed by atoms with van der Waals surface area (Å²) in [7, 11) is 3.76. The Morgan fingerprint density at radius 3 is 2.52 bits per heavy atom. The zero-order valence-corrected chi connectivity index (χ0v) is 16.0. The highest BCUT2D eigenvalue weighted by Gasteiger charge is 2.51. The van der Waals surface area contributed by atoms with Crippen molar-refractivity contribution in [2.24, 2.45) is 12.5 Å². The quantitative estimate of drug-likeness (QED) is 0.836. The molecule has 2 aliphatic heterocycles. The summed E-state index contributed by atoms with van der Waals surface area (Å²) in [4.78, 5) is 33.7. The van der Waals surface area contributed by atoms with Crippen LogP contribution in [0, 0.1) is 5.41 Å². The first-order chi connectivity index (χ1) is 13.0. The van der Waals surface area contributed by atoms with E-state index in [1.165, 1.54) is 5.56 Å². The summed E-state index contributed by atoms with van der Waals surface area (Å²) in [5, 5.41) is 0. The molecule has 142 valence electrons. The van der Waals surface area contributed by atoms with Gasteiger partial charge in [0.15, 0.2) is 5.82 Å². The summed E-state index contributed by atoms with van der Waals surface area (Å²) in [6.07, 6.45) is 6.66. The number of imidazole rings is 1. The molecular weight excluding hydrogens is 340 g/mol. The number of benzene rings is 1. The van der Waals surface area contributed by atoms with Crippen molar-refractivity contribution in [2.75, 3.05) is 20.1 Å². The number of nitrogens with zero attached hydrogens (tertiary/aromatic N) is 4. The van der Waals surface area contributed by atoms with Crippen molar-refractivity contribution in [3.8, 4) is 0 Å². The van der Waals surface area contributed by atoms with Gasteiger partial charge in [0.1, 0.15) is 0 Å². The monoisotopic (exact) mass is 366 g/mol. The summed E-state index contributed by atoms with van der Waals surface area (Å²) in [6.45, 7) is 1.23. The largest absolute Gasteiger partial charge is 0.342 e. The number of likely N-dealkylation sites (N-methyl/N-ethyl adjacent to an activating group) is 1. The predicted molar refractivity (Wildman–Crippen MR) is 102 cm³/mol. The number of likely N-dealkylation sites (tertiary alicyclic amines) is 2. The van der Waals surface area contributed by atoms with Gasteiger partial charge in [-0.25, -0.2) is 4.98 Å². The number of hydrogen-bond acceptors (Lipinski definition) is 3. The van der Waals surface area contributed by atoms with E-state index in [0.717, 1.165) is 25.7 Å². The number of rotatable bonds is 3. The lowest BCUT2D eigenvalue weighted by Gasteiger charge is -2.37. The summed E-state index contributed by atoms with van der Waals surface area (Å²) in [5.41, 5.74) is 0.952. The van der Waals surface area contributed by atoms with Gasteiger partial charge in [0, 0.05) is 45.6 Å². The Bertz CT molecular complexity index is 837. The third-order valence-electron chi connectivity index (χ3n) is 6.28. The van der Waals surface area contributed by atoms with E-state index in [9.17, 15) is 9.59 Å². The summed E-state index contributed by atoms with van der Waals surface area (Å²) >= 11 is 0. The molecule has 0 N–H and O–H groups in total. The van der Waals surface area contributed by atoms with Crippen LogP contribution in [0.2, 0.25) is 0 Å². The van der Waals surface area contributed by atoms with E-state index in [1.807, 2.05) is 42.1 Å². The summed E-state index contributed by atoms with van der Waals surface area (Å²) in [5.74, 6) is 0.660. The fourth-order valence-electron chi connectivity index (χ4n) is 4.58. The average molecular weight is 366 g/mol. The predicted octanol–water partition coefficient (Wildman–Crippen LogP) is 2.12. The highest BCUT2D eigenvalue weighted by molar-refractivity contribution is 5.91. The van der Waals surface area contributed by atoms with Crippen molar-refractivity contribution >= 4 is 11.8 Å². The van der Waals surface area contributed by atoms with E-state index in [4.69, 9.17) is 0 Å². The van der Waals surface area contributed by atoms with Crippen molar-refractivity contribution in [3.63, 3.8) is 0 Å². The number of aryl methyl sites for hydroxylation is 1. The third-order valence-corrected chi connectivity index (χ3v) is 6.28. The third kappa shape index (κ3) is 3.13. The first-order valence-corrected chi connectivity index (χ1v) is 9.58. The minimum Gasteiger partial charge on any atom is -0.342 e. The lowest BCUT2D eigenvalue weighted by atomic mass is 9.75. The molecule has 2 saturated heterocycles. The molecule has 2 aliphatic rings. The smallest absolute Gasteiger partial charge is 0.289 e. The minimum atomic E-state index is -0.313. The summed E-state index contributed by atoms with van der Waals surface area (Å²) < 4.78 is 1.75. The zero-order chi connectivity index (χ0) is 19.0. The van der Waals surface area contributed by atoms with E-state index in [2.05, 4.69) is 17.1 Å². The zero-order valence-electron chi connectivity index (χ0n) is 16.0. The molecule has 27 heavy (non-hydrogen) atoms. The van der Waals surface area contributed by atoms with Crippen LogP contribution in [0.25, 0.3) is 0 Å². The number of carbonyl (C=O) groups excluding carboxylic acids is 2. The fraction of sp³-hybridized carbons (Fsp3) is 0.476. The molecular formula is C21H26N4O2. The Kier molecular flexibility index (Phi) is 4.50. The van der Waals surface area contributed by atoms with Gasteiger partial charge in [-0.05, 0) is 31.2 Å². The molecule has 3 heterocycles. The second-order valence-electron chi connectivity index (χ2n) is 7.90. The van der Waals surface area contributed by atoms with Gasteiger partial charge in [-0.2, -0.15) is 0 Å². The van der Waals surface area contributed by atoms with Gasteiger partial charge in [-0.3, -0.25) is 9.59 Å². The Hall–Kier alpha value is -2.63. The molecule has 2 aromatic rings. The summed E-state index contributed by atoms with van der Waals surface area (Å²) in [6, 6.07) is 10.6. The van der Waals surface area contributed by atoms with Gasteiger partial charge >= 0.3 is 0 Å². The molecule has 6 nitrogen and oxygen atoms in total. The van der Waals surface area contributed by atoms with Crippen molar-refractivity contribution in [1.82, 2.24) is 19.4 Å². The maximum atomic E-state index is 13.0. The van der Waals surface area contributed by atoms with Crippen LogP contribution in [0.5, 0.6) is 0 Å². The van der Waals surface area contributed by atoms with Crippen LogP contribution in [0.1, 0.15) is 35.4 Å². The molecule has 6 heteroatoms. The van der Waals surface area contributed by atoms with Gasteiger partial charge in [0.05, 0.1) is 5.41 Å². The number of amides is 2. The molecule has 0 saturated carbocycles. The lowest BCUT2D eigenvalue weighted by molar-refractivity contribution is -0.137. The van der Waals surface area contributed by atoms with Crippen LogP contribution >= 0.6 is 0 Å². The highest BCUT2D eigenvalue weighted by Crippen LogP contribution is 2.44. The number of hydrogen-bond donors (Lipinski definition) is 0. The number of aromatic nitrogens is 2. The second kappa shape index (κ2) is 6.83. The highest BCUT2D eigenvalue weighted by atomic mass is 16.2. The topological polar surface area (TPSA) is 58.4 Å². The molecule has 1 aromatic heterocycles. The first kappa shape index (κ1) is 17.8. The normalized spacial score (nSPS) is 21.9. The van der Waals surface area contributed by atoms with Gasteiger partial charge < -0.3 is 14.4 Å². The van der Waals surface area contributed by atoms with E-state index < -0.39 is 0 Å². The van der Waals surface area contributed by atoms with Crippen molar-refractivity contribution in [1.29, 1.82) is 0 Å². The van der Waals surface area contributed by atoms with E-state index in [-0.39, 0.29) is 23.3 Å². The van der Waals surface area contributed by atoms with Crippen LogP contribution in [-0.4, -0.2) is 57.3 Å². The molecule has 2 fully saturated rings. The Balaban J connectivity index is 1.43. The lowest BCUT2D eigenvalue weighted by Crippen LogP contribution is -2.46. The SMILES string of the molecule is CN1C(=O)C2(CCN(C(=O)c3nccn3C)CC2)C[C@@H]1Cc1ccccc1.